The van der Waals surface area contributed by atoms with Crippen LogP contribution in [0.1, 0.15) is 24.8 Å². The summed E-state index contributed by atoms with van der Waals surface area (Å²) < 4.78 is 2.59. The van der Waals surface area contributed by atoms with Crippen LogP contribution in [0.4, 0.5) is 0 Å². The van der Waals surface area contributed by atoms with E-state index in [0.717, 1.165) is 12.8 Å². The highest BCUT2D eigenvalue weighted by molar-refractivity contribution is 6.12. The van der Waals surface area contributed by atoms with Crippen LogP contribution in [0, 0.1) is 22.7 Å². The van der Waals surface area contributed by atoms with E-state index in [-0.39, 0.29) is 10.8 Å². The van der Waals surface area contributed by atoms with E-state index in [1.807, 2.05) is 0 Å². The third-order valence-electron chi connectivity index (χ3n) is 14.1. The van der Waals surface area contributed by atoms with Gasteiger partial charge in [0.05, 0.1) is 11.0 Å². The van der Waals surface area contributed by atoms with Crippen molar-refractivity contribution in [1.82, 2.24) is 4.57 Å². The number of allylic oxidation sites excluding steroid dienone is 12. The Morgan fingerprint density at radius 3 is 2.23 bits per heavy atom. The van der Waals surface area contributed by atoms with Gasteiger partial charge in [0.2, 0.25) is 0 Å². The van der Waals surface area contributed by atoms with Crippen molar-refractivity contribution in [1.29, 1.82) is 0 Å². The molecule has 6 aromatic carbocycles. The number of aromatic nitrogens is 1. The first-order valence-electron chi connectivity index (χ1n) is 20.4. The molecule has 56 heavy (non-hydrogen) atoms. The van der Waals surface area contributed by atoms with Gasteiger partial charge in [-0.15, -0.1) is 0 Å². The summed E-state index contributed by atoms with van der Waals surface area (Å²) in [5.41, 5.74) is 15.4. The van der Waals surface area contributed by atoms with Gasteiger partial charge in [-0.1, -0.05) is 164 Å². The Hall–Kier alpha value is -6.44. The molecule has 0 saturated heterocycles. The number of hydrogen-bond donors (Lipinski definition) is 0. The minimum absolute atomic E-state index is 0.00277. The van der Waals surface area contributed by atoms with E-state index < -0.39 is 0 Å². The molecule has 4 atom stereocenters. The second-order valence-corrected chi connectivity index (χ2v) is 16.8. The van der Waals surface area contributed by atoms with E-state index >= 15 is 0 Å². The van der Waals surface area contributed by atoms with Crippen LogP contribution in [-0.2, 0) is 0 Å². The fourth-order valence-corrected chi connectivity index (χ4v) is 11.7. The van der Waals surface area contributed by atoms with Gasteiger partial charge in [-0.05, 0) is 121 Å². The van der Waals surface area contributed by atoms with Crippen LogP contribution in [0.15, 0.2) is 205 Å². The van der Waals surface area contributed by atoms with E-state index in [0.29, 0.717) is 11.8 Å². The molecule has 1 heterocycles. The van der Waals surface area contributed by atoms with Crippen molar-refractivity contribution in [3.05, 3.63) is 221 Å². The lowest BCUT2D eigenvalue weighted by Gasteiger charge is -2.40. The number of benzene rings is 6. The third kappa shape index (κ3) is 4.00. The molecular weight excluding hydrogens is 675 g/mol. The lowest BCUT2D eigenvalue weighted by atomic mass is 9.63. The van der Waals surface area contributed by atoms with Crippen LogP contribution in [0.25, 0.3) is 60.5 Å². The molecule has 1 nitrogen and oxygen atoms in total. The molecule has 1 aromatic heterocycles. The predicted octanol–water partition coefficient (Wildman–Crippen LogP) is 11.9. The number of fused-ring (bicyclic) bond motifs is 7. The fraction of sp³-hybridized carbons (Fsp3) is 0.127. The third-order valence-corrected chi connectivity index (χ3v) is 14.1. The van der Waals surface area contributed by atoms with Crippen LogP contribution in [0.3, 0.4) is 0 Å². The summed E-state index contributed by atoms with van der Waals surface area (Å²) in [5.74, 6) is 0.981. The molecule has 1 spiro atoms. The molecule has 2 saturated carbocycles. The van der Waals surface area contributed by atoms with Gasteiger partial charge < -0.3 is 4.57 Å². The molecule has 0 radical (unpaired) electrons. The van der Waals surface area contributed by atoms with Crippen LogP contribution in [0.2, 0.25) is 0 Å². The Morgan fingerprint density at radius 1 is 0.554 bits per heavy atom. The highest BCUT2D eigenvalue weighted by Crippen LogP contribution is 2.79. The predicted molar refractivity (Wildman–Crippen MR) is 233 cm³/mol. The highest BCUT2D eigenvalue weighted by Gasteiger charge is 2.71. The number of hydrogen-bond acceptors (Lipinski definition) is 0. The van der Waals surface area contributed by atoms with Crippen LogP contribution in [-0.4, -0.2) is 4.57 Å². The van der Waals surface area contributed by atoms with Crippen molar-refractivity contribution in [3.8, 4) is 11.1 Å². The number of para-hydroxylation sites is 1. The zero-order chi connectivity index (χ0) is 36.6. The molecule has 2 fully saturated rings. The van der Waals surface area contributed by atoms with E-state index in [2.05, 4.69) is 193 Å². The molecule has 0 bridgehead atoms. The maximum atomic E-state index is 2.68. The van der Waals surface area contributed by atoms with Gasteiger partial charge in [0.15, 0.2) is 0 Å². The summed E-state index contributed by atoms with van der Waals surface area (Å²) in [4.78, 5) is 0. The fourth-order valence-electron chi connectivity index (χ4n) is 11.7. The summed E-state index contributed by atoms with van der Waals surface area (Å²) in [6, 6.07) is 52.2. The second-order valence-electron chi connectivity index (χ2n) is 16.8. The Morgan fingerprint density at radius 2 is 1.30 bits per heavy atom. The molecule has 0 aliphatic heterocycles. The van der Waals surface area contributed by atoms with Crippen molar-refractivity contribution in [2.24, 2.45) is 22.7 Å². The lowest BCUT2D eigenvalue weighted by Crippen LogP contribution is -2.42. The Bertz CT molecular complexity index is 3230. The van der Waals surface area contributed by atoms with E-state index in [9.17, 15) is 0 Å². The summed E-state index contributed by atoms with van der Waals surface area (Å²) in [6.45, 7) is 0. The van der Waals surface area contributed by atoms with Crippen molar-refractivity contribution in [3.63, 3.8) is 0 Å². The zero-order valence-corrected chi connectivity index (χ0v) is 31.1. The monoisotopic (exact) mass is 713 g/mol. The molecule has 7 aromatic rings. The Balaban J connectivity index is 1.04. The van der Waals surface area contributed by atoms with Gasteiger partial charge >= 0.3 is 0 Å². The Labute approximate surface area is 326 Å². The molecule has 6 aliphatic rings. The largest absolute Gasteiger partial charge is 0.309 e. The molecule has 6 aliphatic carbocycles. The van der Waals surface area contributed by atoms with Crippen LogP contribution < -0.4 is 10.4 Å². The smallest absolute Gasteiger partial charge is 0.0541 e. The van der Waals surface area contributed by atoms with Crippen LogP contribution in [0.5, 0.6) is 0 Å². The molecule has 0 amide bonds. The topological polar surface area (TPSA) is 4.93 Å². The quantitative estimate of drug-likeness (QED) is 0.171. The maximum absolute atomic E-state index is 2.68. The summed E-state index contributed by atoms with van der Waals surface area (Å²) >= 11 is 0. The first-order valence-corrected chi connectivity index (χ1v) is 20.4. The van der Waals surface area contributed by atoms with Gasteiger partial charge in [-0.3, -0.25) is 0 Å². The first-order chi connectivity index (χ1) is 27.7. The SMILES string of the molecule is C1=CCC2=C(C=C1)C(n1c3ccccc3c3cc(-c4ccc5ccccc5c4)ccc31)=CC1CC21C1=c2ccccc2=C(c2ccccc2)C2=CC=CC3CC213. The lowest BCUT2D eigenvalue weighted by molar-refractivity contribution is 0.607. The van der Waals surface area contributed by atoms with Crippen molar-refractivity contribution >= 4 is 49.4 Å². The normalized spacial score (nSPS) is 25.3. The van der Waals surface area contributed by atoms with E-state index in [1.54, 1.807) is 11.1 Å². The molecule has 1 heteroatoms. The van der Waals surface area contributed by atoms with E-state index in [4.69, 9.17) is 0 Å². The van der Waals surface area contributed by atoms with Crippen LogP contribution >= 0.6 is 0 Å². The highest BCUT2D eigenvalue weighted by atomic mass is 15.0. The minimum Gasteiger partial charge on any atom is -0.309 e. The van der Waals surface area contributed by atoms with Gasteiger partial charge in [0.25, 0.3) is 0 Å². The van der Waals surface area contributed by atoms with Gasteiger partial charge in [0.1, 0.15) is 0 Å². The average Bonchev–Trinajstić information content (AvgIpc) is 4.16. The average molecular weight is 714 g/mol. The Kier molecular flexibility index (Phi) is 6.10. The van der Waals surface area contributed by atoms with Crippen molar-refractivity contribution in [2.75, 3.05) is 0 Å². The summed E-state index contributed by atoms with van der Waals surface area (Å²) in [6.07, 6.45) is 22.7. The molecular formula is C55H39N. The van der Waals surface area contributed by atoms with Crippen molar-refractivity contribution < 1.29 is 0 Å². The van der Waals surface area contributed by atoms with Gasteiger partial charge in [-0.2, -0.15) is 0 Å². The van der Waals surface area contributed by atoms with Crippen molar-refractivity contribution in [2.45, 2.75) is 19.3 Å². The zero-order valence-electron chi connectivity index (χ0n) is 31.1. The second kappa shape index (κ2) is 11.1. The number of rotatable bonds is 4. The summed E-state index contributed by atoms with van der Waals surface area (Å²) in [7, 11) is 0. The van der Waals surface area contributed by atoms with Gasteiger partial charge in [0, 0.05) is 27.3 Å². The molecule has 13 rings (SSSR count). The number of nitrogens with zero attached hydrogens (tertiary/aromatic N) is 1. The standard InChI is InChI=1S/C55H39N/c1-3-15-36(16-4-1)52-43-20-9-10-21-44(43)53(54-33-40(54)18-13-24-48(52)54)55-34-41(55)32-51(45-22-5-2-6-23-47(45)55)56-49-25-12-11-19-42(49)46-31-39(28-29-50(46)56)38-27-26-35-14-7-8-17-37(35)30-38/h1-22,24-32,40-41H,23,33-34H2. The summed E-state index contributed by atoms with van der Waals surface area (Å²) in [5, 5.41) is 8.03. The molecule has 4 unspecified atom stereocenters. The minimum atomic E-state index is -0.00277. The molecule has 264 valence electrons. The molecule has 0 N–H and O–H groups in total. The van der Waals surface area contributed by atoms with E-state index in [1.165, 1.54) is 88.5 Å². The van der Waals surface area contributed by atoms with Gasteiger partial charge in [-0.25, -0.2) is 0 Å². The first kappa shape index (κ1) is 30.8. The maximum Gasteiger partial charge on any atom is 0.0541 e.